The summed E-state index contributed by atoms with van der Waals surface area (Å²) < 4.78 is 4.45. The summed E-state index contributed by atoms with van der Waals surface area (Å²) in [6.07, 6.45) is 0. The van der Waals surface area contributed by atoms with Gasteiger partial charge in [-0.15, -0.1) is 0 Å². The van der Waals surface area contributed by atoms with Crippen LogP contribution in [0.15, 0.2) is 63.0 Å². The van der Waals surface area contributed by atoms with Gasteiger partial charge in [-0.1, -0.05) is 43.4 Å². The summed E-state index contributed by atoms with van der Waals surface area (Å²) in [4.78, 5) is 49.1. The predicted molar refractivity (Wildman–Crippen MR) is 134 cm³/mol. The Morgan fingerprint density at radius 2 is 1.65 bits per heavy atom. The topological polar surface area (TPSA) is 159 Å². The molecule has 0 saturated carbocycles. The minimum atomic E-state index is -4.12. The Labute approximate surface area is 198 Å². The fraction of sp³-hybridized carbons (Fsp3) is 0.182. The van der Waals surface area contributed by atoms with Crippen molar-refractivity contribution in [1.29, 1.82) is 0 Å². The molecule has 1 aliphatic rings. The largest absolute Gasteiger partial charge is 0.478 e. The summed E-state index contributed by atoms with van der Waals surface area (Å²) in [5.74, 6) is -3.40. The van der Waals surface area contributed by atoms with Crippen molar-refractivity contribution in [1.82, 2.24) is 5.32 Å². The first kappa shape index (κ1) is 24.9. The van der Waals surface area contributed by atoms with Crippen LogP contribution in [0, 0.1) is 10.1 Å². The third-order valence-corrected chi connectivity index (χ3v) is 13.7. The first-order valence-corrected chi connectivity index (χ1v) is 13.5. The molecule has 34 heavy (non-hydrogen) atoms. The fourth-order valence-corrected chi connectivity index (χ4v) is 11.0. The Morgan fingerprint density at radius 3 is 2.09 bits per heavy atom. The molecule has 10 nitrogen and oxygen atoms in total. The smallest absolute Gasteiger partial charge is 0.339 e. The van der Waals surface area contributed by atoms with Gasteiger partial charge in [-0.05, 0) is 36.4 Å². The lowest BCUT2D eigenvalue weighted by molar-refractivity contribution is -0.380. The van der Waals surface area contributed by atoms with Crippen LogP contribution in [0.2, 0.25) is 0 Å². The quantitative estimate of drug-likeness (QED) is 0.174. The highest BCUT2D eigenvalue weighted by Gasteiger charge is 2.56. The number of aliphatic carboxylic acids is 2. The number of hydrogen-bond donors (Lipinski definition) is 4. The van der Waals surface area contributed by atoms with Crippen LogP contribution in [-0.4, -0.2) is 51.2 Å². The summed E-state index contributed by atoms with van der Waals surface area (Å²) in [6, 6.07) is 10.7. The lowest BCUT2D eigenvalue weighted by Crippen LogP contribution is -2.34. The molecule has 3 rings (SSSR count). The third-order valence-electron chi connectivity index (χ3n) is 6.18. The number of thiol groups is 1. The van der Waals surface area contributed by atoms with E-state index in [-0.39, 0.29) is 36.9 Å². The maximum Gasteiger partial charge on any atom is 0.339 e. The Morgan fingerprint density at radius 1 is 1.06 bits per heavy atom. The average molecular weight is 506 g/mol. The summed E-state index contributed by atoms with van der Waals surface area (Å²) in [6.45, 7) is 7.18. The van der Waals surface area contributed by atoms with Crippen LogP contribution in [-0.2, 0) is 9.59 Å². The van der Waals surface area contributed by atoms with Gasteiger partial charge in [-0.2, -0.15) is 9.35 Å². The molecule has 180 valence electrons. The number of nitrogens with one attached hydrogen (secondary N) is 1. The molecule has 1 aromatic carbocycles. The number of carbonyl (C=O) groups excluding carboxylic acids is 1. The van der Waals surface area contributed by atoms with Crippen LogP contribution < -0.4 is 5.32 Å². The van der Waals surface area contributed by atoms with E-state index in [2.05, 4.69) is 16.4 Å². The second-order valence-electron chi connectivity index (χ2n) is 7.50. The molecule has 1 aliphatic heterocycles. The molecular weight excluding hydrogens is 482 g/mol. The molecular formula is C22H23N3O7S2. The molecule has 1 aromatic heterocycles. The average Bonchev–Trinajstić information content (AvgIpc) is 3.40. The first-order chi connectivity index (χ1) is 16.1. The normalized spacial score (nSPS) is 17.5. The van der Waals surface area contributed by atoms with Gasteiger partial charge >= 0.3 is 16.9 Å². The zero-order valence-corrected chi connectivity index (χ0v) is 20.1. The number of carbonyl (C=O) groups is 3. The molecule has 0 aliphatic carbocycles. The molecule has 1 amide bonds. The van der Waals surface area contributed by atoms with Gasteiger partial charge in [0.15, 0.2) is 0 Å². The minimum Gasteiger partial charge on any atom is -0.478 e. The number of rotatable bonds is 9. The van der Waals surface area contributed by atoms with Gasteiger partial charge in [0.1, 0.15) is 5.57 Å². The van der Waals surface area contributed by atoms with Crippen LogP contribution in [0.25, 0.3) is 4.91 Å². The monoisotopic (exact) mass is 505 g/mol. The third kappa shape index (κ3) is 3.51. The van der Waals surface area contributed by atoms with Gasteiger partial charge in [0, 0.05) is 21.4 Å². The second kappa shape index (κ2) is 8.88. The number of nitro groups is 1. The molecule has 0 bridgehead atoms. The maximum atomic E-state index is 13.1. The molecule has 3 N–H and O–H groups in total. The van der Waals surface area contributed by atoms with E-state index in [0.29, 0.717) is 0 Å². The van der Waals surface area contributed by atoms with E-state index in [9.17, 15) is 34.7 Å². The van der Waals surface area contributed by atoms with Crippen LogP contribution >= 0.6 is 20.7 Å². The van der Waals surface area contributed by atoms with E-state index >= 15 is 0 Å². The number of carboxylic acids is 2. The first-order valence-electron chi connectivity index (χ1n) is 10.1. The highest BCUT2D eigenvalue weighted by molar-refractivity contribution is 8.58. The molecule has 0 radical (unpaired) electrons. The number of hydrogen-bond acceptors (Lipinski definition) is 7. The zero-order valence-electron chi connectivity index (χ0n) is 18.3. The fourth-order valence-electron chi connectivity index (χ4n) is 4.39. The van der Waals surface area contributed by atoms with Gasteiger partial charge in [-0.3, -0.25) is 19.3 Å². The van der Waals surface area contributed by atoms with E-state index in [4.69, 9.17) is 0 Å². The standard InChI is InChI=1S/C22H23N3O7S2/c1-4-34(5-2,23-3)18(14-11-12-15(33-14)25(31)32)16(21(27)28)17(22(29)30)20(34)24-19(26)13-9-7-6-8-10-13/h6-12,34H,3-5H2,1-2H3,(H,24,26)(H,27,28)(H,29,30). The van der Waals surface area contributed by atoms with Crippen LogP contribution in [0.3, 0.4) is 0 Å². The molecule has 2 aromatic rings. The Hall–Kier alpha value is -3.77. The highest BCUT2D eigenvalue weighted by atomic mass is 32.3. The molecule has 0 spiro atoms. The van der Waals surface area contributed by atoms with E-state index < -0.39 is 43.3 Å². The van der Waals surface area contributed by atoms with Crippen LogP contribution in [0.4, 0.5) is 5.00 Å². The van der Waals surface area contributed by atoms with E-state index in [1.165, 1.54) is 24.3 Å². The molecule has 2 heterocycles. The van der Waals surface area contributed by atoms with Gasteiger partial charge in [0.2, 0.25) is 0 Å². The summed E-state index contributed by atoms with van der Waals surface area (Å²) in [7, 11) is -4.12. The van der Waals surface area contributed by atoms with Crippen molar-refractivity contribution in [2.45, 2.75) is 13.8 Å². The second-order valence-corrected chi connectivity index (χ2v) is 13.9. The molecule has 0 fully saturated rings. The van der Waals surface area contributed by atoms with Crippen LogP contribution in [0.1, 0.15) is 29.1 Å². The van der Waals surface area contributed by atoms with Crippen molar-refractivity contribution in [3.05, 3.63) is 79.2 Å². The van der Waals surface area contributed by atoms with Crippen molar-refractivity contribution in [3.8, 4) is 0 Å². The van der Waals surface area contributed by atoms with Crippen molar-refractivity contribution in [2.24, 2.45) is 4.40 Å². The van der Waals surface area contributed by atoms with Gasteiger partial charge in [0.25, 0.3) is 5.91 Å². The number of benzene rings is 1. The van der Waals surface area contributed by atoms with Crippen molar-refractivity contribution < 1.29 is 29.5 Å². The van der Waals surface area contributed by atoms with Crippen molar-refractivity contribution >= 4 is 55.2 Å². The summed E-state index contributed by atoms with van der Waals surface area (Å²) >= 11 is 0.730. The number of thiophene rings is 1. The maximum absolute atomic E-state index is 13.1. The van der Waals surface area contributed by atoms with E-state index in [0.717, 1.165) is 11.3 Å². The van der Waals surface area contributed by atoms with Crippen molar-refractivity contribution in [2.75, 3.05) is 11.5 Å². The highest BCUT2D eigenvalue weighted by Crippen LogP contribution is 2.87. The van der Waals surface area contributed by atoms with Gasteiger partial charge in [-0.25, -0.2) is 9.59 Å². The lowest BCUT2D eigenvalue weighted by atomic mass is 10.1. The van der Waals surface area contributed by atoms with E-state index in [1.807, 2.05) is 0 Å². The van der Waals surface area contributed by atoms with Crippen LogP contribution in [0.5, 0.6) is 0 Å². The Kier molecular flexibility index (Phi) is 6.49. The number of nitrogens with zero attached hydrogens (tertiary/aromatic N) is 2. The predicted octanol–water partition coefficient (Wildman–Crippen LogP) is 3.92. The van der Waals surface area contributed by atoms with Gasteiger partial charge in [0.05, 0.1) is 15.5 Å². The number of amides is 1. The molecule has 0 atom stereocenters. The van der Waals surface area contributed by atoms with Gasteiger partial charge < -0.3 is 15.5 Å². The molecule has 0 saturated heterocycles. The Bertz CT molecular complexity index is 1290. The SMILES string of the molecule is C=N[SH]1(CC)(CC)C(NC(=O)c2ccccc2)=C(C(=O)O)C(C(=O)O)=C1c1ccc([N+](=O)[O-])s1. The minimum absolute atomic E-state index is 0.0809. The van der Waals surface area contributed by atoms with E-state index in [1.54, 1.807) is 32.0 Å². The summed E-state index contributed by atoms with van der Waals surface area (Å²) in [5, 5.41) is 33.9. The number of carboxylic acid groups (broad SMARTS) is 2. The molecule has 0 unspecified atom stereocenters. The molecule has 12 heteroatoms. The summed E-state index contributed by atoms with van der Waals surface area (Å²) in [5.41, 5.74) is -0.886. The van der Waals surface area contributed by atoms with Crippen molar-refractivity contribution in [3.63, 3.8) is 0 Å². The Balaban J connectivity index is 2.42. The lowest BCUT2D eigenvalue weighted by Gasteiger charge is -2.58. The zero-order chi connectivity index (χ0) is 25.3.